The van der Waals surface area contributed by atoms with Gasteiger partial charge < -0.3 is 0 Å². The van der Waals surface area contributed by atoms with Gasteiger partial charge in [-0.05, 0) is 62.0 Å². The number of aromatic nitrogens is 4. The summed E-state index contributed by atoms with van der Waals surface area (Å²) in [5.74, 6) is 2.05. The molecule has 8 heteroatoms. The normalized spacial score (nSPS) is 27.6. The van der Waals surface area contributed by atoms with Crippen LogP contribution in [0, 0.1) is 17.8 Å². The standard InChI is InChI=1S/C19H25N5O2S/c25-27(26,16-7-3-1-4-8-16)22-19-15-12-11-14(13-15)17(19)9-5-2-6-10-18-20-23-24-21-18/h1,3-5,7-9,14-15,17,19,22H,2,6,10-13H2,(H,20,21,23,24)/b9-5-/t14-,15+,17-,19+/m1/s1. The Hall–Kier alpha value is -2.06. The molecule has 1 heterocycles. The lowest BCUT2D eigenvalue weighted by molar-refractivity contribution is 0.320. The highest BCUT2D eigenvalue weighted by atomic mass is 32.2. The number of aromatic amines is 1. The molecule has 2 fully saturated rings. The van der Waals surface area contributed by atoms with Crippen molar-refractivity contribution >= 4 is 10.0 Å². The average Bonchev–Trinajstić information content (AvgIpc) is 3.41. The number of hydrogen-bond acceptors (Lipinski definition) is 5. The third-order valence-electron chi connectivity index (χ3n) is 5.84. The number of hydrogen-bond donors (Lipinski definition) is 2. The molecule has 2 saturated carbocycles. The van der Waals surface area contributed by atoms with Crippen molar-refractivity contribution in [3.05, 3.63) is 48.3 Å². The van der Waals surface area contributed by atoms with E-state index >= 15 is 0 Å². The number of nitrogens with one attached hydrogen (secondary N) is 2. The first-order valence-corrected chi connectivity index (χ1v) is 11.1. The molecule has 2 aliphatic carbocycles. The summed E-state index contributed by atoms with van der Waals surface area (Å²) in [6.45, 7) is 0. The lowest BCUT2D eigenvalue weighted by atomic mass is 9.84. The Morgan fingerprint density at radius 2 is 2.00 bits per heavy atom. The quantitative estimate of drug-likeness (QED) is 0.535. The number of H-pyrrole nitrogens is 1. The molecule has 0 spiro atoms. The topological polar surface area (TPSA) is 101 Å². The second-order valence-corrected chi connectivity index (χ2v) is 9.23. The third kappa shape index (κ3) is 4.11. The van der Waals surface area contributed by atoms with Crippen molar-refractivity contribution < 1.29 is 8.42 Å². The van der Waals surface area contributed by atoms with Gasteiger partial charge in [-0.25, -0.2) is 13.1 Å². The van der Waals surface area contributed by atoms with Crippen molar-refractivity contribution in [1.29, 1.82) is 0 Å². The molecule has 2 N–H and O–H groups in total. The van der Waals surface area contributed by atoms with Crippen LogP contribution in [0.5, 0.6) is 0 Å². The van der Waals surface area contributed by atoms with Gasteiger partial charge in [-0.3, -0.25) is 0 Å². The van der Waals surface area contributed by atoms with Gasteiger partial charge in [-0.15, -0.1) is 10.2 Å². The third-order valence-corrected chi connectivity index (χ3v) is 7.32. The minimum atomic E-state index is -3.47. The molecule has 1 aromatic carbocycles. The van der Waals surface area contributed by atoms with E-state index in [1.165, 1.54) is 6.42 Å². The summed E-state index contributed by atoms with van der Waals surface area (Å²) in [5, 5.41) is 13.9. The molecular formula is C19H25N5O2S. The smallest absolute Gasteiger partial charge is 0.207 e. The Kier molecular flexibility index (Phi) is 5.36. The molecule has 27 heavy (non-hydrogen) atoms. The van der Waals surface area contributed by atoms with E-state index in [1.54, 1.807) is 24.3 Å². The van der Waals surface area contributed by atoms with E-state index in [4.69, 9.17) is 0 Å². The number of fused-ring (bicyclic) bond motifs is 2. The summed E-state index contributed by atoms with van der Waals surface area (Å²) in [6, 6.07) is 8.66. The molecule has 4 atom stereocenters. The number of benzene rings is 1. The van der Waals surface area contributed by atoms with Crippen molar-refractivity contribution in [3.63, 3.8) is 0 Å². The molecular weight excluding hydrogens is 362 g/mol. The summed E-state index contributed by atoms with van der Waals surface area (Å²) in [7, 11) is -3.47. The first-order chi connectivity index (χ1) is 13.1. The Labute approximate surface area is 159 Å². The molecule has 1 aromatic heterocycles. The number of aryl methyl sites for hydroxylation is 1. The van der Waals surface area contributed by atoms with Crippen LogP contribution in [-0.2, 0) is 16.4 Å². The molecule has 4 rings (SSSR count). The molecule has 2 aromatic rings. The average molecular weight is 388 g/mol. The number of rotatable bonds is 8. The largest absolute Gasteiger partial charge is 0.240 e. The van der Waals surface area contributed by atoms with Crippen LogP contribution in [0.15, 0.2) is 47.4 Å². The number of nitrogens with zero attached hydrogens (tertiary/aromatic N) is 3. The van der Waals surface area contributed by atoms with Gasteiger partial charge >= 0.3 is 0 Å². The Balaban J connectivity index is 1.38. The van der Waals surface area contributed by atoms with E-state index < -0.39 is 10.0 Å². The molecule has 2 bridgehead atoms. The van der Waals surface area contributed by atoms with Crippen LogP contribution in [0.4, 0.5) is 0 Å². The van der Waals surface area contributed by atoms with E-state index in [1.807, 2.05) is 6.07 Å². The summed E-state index contributed by atoms with van der Waals surface area (Å²) >= 11 is 0. The fraction of sp³-hybridized carbons (Fsp3) is 0.526. The molecule has 0 saturated heterocycles. The van der Waals surface area contributed by atoms with E-state index in [0.29, 0.717) is 16.7 Å². The highest BCUT2D eigenvalue weighted by Gasteiger charge is 2.47. The molecule has 7 nitrogen and oxygen atoms in total. The van der Waals surface area contributed by atoms with E-state index in [0.717, 1.165) is 37.9 Å². The summed E-state index contributed by atoms with van der Waals surface area (Å²) in [6.07, 6.45) is 10.5. The van der Waals surface area contributed by atoms with Crippen LogP contribution in [0.1, 0.15) is 37.9 Å². The fourth-order valence-corrected chi connectivity index (χ4v) is 5.91. The molecule has 144 valence electrons. The zero-order valence-corrected chi connectivity index (χ0v) is 16.0. The van der Waals surface area contributed by atoms with Crippen LogP contribution in [0.2, 0.25) is 0 Å². The van der Waals surface area contributed by atoms with Gasteiger partial charge in [-0.2, -0.15) is 5.21 Å². The van der Waals surface area contributed by atoms with Crippen molar-refractivity contribution in [3.8, 4) is 0 Å². The first-order valence-electron chi connectivity index (χ1n) is 9.60. The van der Waals surface area contributed by atoms with Crippen molar-refractivity contribution in [1.82, 2.24) is 25.3 Å². The Morgan fingerprint density at radius 1 is 1.19 bits per heavy atom. The Bertz CT molecular complexity index is 867. The zero-order valence-electron chi connectivity index (χ0n) is 15.2. The fourth-order valence-electron chi connectivity index (χ4n) is 4.55. The van der Waals surface area contributed by atoms with Crippen molar-refractivity contribution in [2.75, 3.05) is 0 Å². The van der Waals surface area contributed by atoms with Crippen LogP contribution < -0.4 is 4.72 Å². The number of allylic oxidation sites excluding steroid dienone is 1. The monoisotopic (exact) mass is 387 g/mol. The molecule has 2 aliphatic rings. The second-order valence-electron chi connectivity index (χ2n) is 7.52. The van der Waals surface area contributed by atoms with Gasteiger partial charge in [0.15, 0.2) is 5.82 Å². The molecule has 0 aliphatic heterocycles. The zero-order chi connectivity index (χ0) is 18.7. The highest BCUT2D eigenvalue weighted by Crippen LogP contribution is 2.49. The van der Waals surface area contributed by atoms with Gasteiger partial charge in [0.25, 0.3) is 0 Å². The van der Waals surface area contributed by atoms with E-state index in [9.17, 15) is 8.42 Å². The predicted octanol–water partition coefficient (Wildman–Crippen LogP) is 2.47. The summed E-state index contributed by atoms with van der Waals surface area (Å²) < 4.78 is 28.5. The number of tetrazole rings is 1. The van der Waals surface area contributed by atoms with Crippen LogP contribution in [0.3, 0.4) is 0 Å². The molecule has 0 unspecified atom stereocenters. The van der Waals surface area contributed by atoms with Crippen molar-refractivity contribution in [2.24, 2.45) is 17.8 Å². The number of unbranched alkanes of at least 4 members (excludes halogenated alkanes) is 1. The maximum absolute atomic E-state index is 12.8. The van der Waals surface area contributed by atoms with Gasteiger partial charge in [0, 0.05) is 12.5 Å². The van der Waals surface area contributed by atoms with Gasteiger partial charge in [-0.1, -0.05) is 35.6 Å². The minimum Gasteiger partial charge on any atom is -0.207 e. The highest BCUT2D eigenvalue weighted by molar-refractivity contribution is 7.89. The van der Waals surface area contributed by atoms with Gasteiger partial charge in [0.05, 0.1) is 4.90 Å². The lowest BCUT2D eigenvalue weighted by Gasteiger charge is -2.29. The lowest BCUT2D eigenvalue weighted by Crippen LogP contribution is -2.43. The van der Waals surface area contributed by atoms with Crippen LogP contribution >= 0.6 is 0 Å². The van der Waals surface area contributed by atoms with E-state index in [-0.39, 0.29) is 12.0 Å². The molecule has 0 amide bonds. The minimum absolute atomic E-state index is 0.00223. The van der Waals surface area contributed by atoms with Crippen LogP contribution in [0.25, 0.3) is 0 Å². The van der Waals surface area contributed by atoms with Crippen molar-refractivity contribution in [2.45, 2.75) is 49.5 Å². The first kappa shape index (κ1) is 18.3. The van der Waals surface area contributed by atoms with E-state index in [2.05, 4.69) is 37.5 Å². The SMILES string of the molecule is O=S(=O)(N[C@H]1[C@H]2CC[C@H](C2)[C@H]1/C=C\CCCc1nn[nH]n1)c1ccccc1. The second kappa shape index (κ2) is 7.90. The summed E-state index contributed by atoms with van der Waals surface area (Å²) in [5.41, 5.74) is 0. The summed E-state index contributed by atoms with van der Waals surface area (Å²) in [4.78, 5) is 0.343. The predicted molar refractivity (Wildman–Crippen MR) is 101 cm³/mol. The van der Waals surface area contributed by atoms with Gasteiger partial charge in [0.1, 0.15) is 0 Å². The number of sulfonamides is 1. The van der Waals surface area contributed by atoms with Gasteiger partial charge in [0.2, 0.25) is 10.0 Å². The van der Waals surface area contributed by atoms with Crippen LogP contribution in [-0.4, -0.2) is 35.1 Å². The maximum atomic E-state index is 12.8. The maximum Gasteiger partial charge on any atom is 0.240 e. The Morgan fingerprint density at radius 3 is 2.78 bits per heavy atom. The molecule has 0 radical (unpaired) electrons.